The van der Waals surface area contributed by atoms with Gasteiger partial charge < -0.3 is 9.64 Å². The maximum atomic E-state index is 11.7. The minimum Gasteiger partial charge on any atom is -0.461 e. The highest BCUT2D eigenvalue weighted by Gasteiger charge is 2.07. The second-order valence-corrected chi connectivity index (χ2v) is 3.85. The Morgan fingerprint density at radius 3 is 2.39 bits per heavy atom. The maximum Gasteiger partial charge on any atom is 0.338 e. The van der Waals surface area contributed by atoms with Gasteiger partial charge in [-0.05, 0) is 37.4 Å². The standard InChI is InChI=1S/C14H18N2O2/c1-3-16(4-2)9-10-18-14(17)13-7-5-12(11-15)6-8-13/h5-8H,3-4,9-10H2,1-2H3. The Morgan fingerprint density at radius 2 is 1.89 bits per heavy atom. The highest BCUT2D eigenvalue weighted by molar-refractivity contribution is 5.89. The second-order valence-electron chi connectivity index (χ2n) is 3.85. The fraction of sp³-hybridized carbons (Fsp3) is 0.429. The molecular formula is C14H18N2O2. The topological polar surface area (TPSA) is 53.3 Å². The van der Waals surface area contributed by atoms with Crippen LogP contribution >= 0.6 is 0 Å². The molecule has 0 spiro atoms. The number of esters is 1. The van der Waals surface area contributed by atoms with E-state index in [2.05, 4.69) is 18.7 Å². The van der Waals surface area contributed by atoms with E-state index >= 15 is 0 Å². The Bertz CT molecular complexity index is 416. The zero-order chi connectivity index (χ0) is 13.4. The number of carbonyl (C=O) groups excluding carboxylic acids is 1. The number of rotatable bonds is 6. The van der Waals surface area contributed by atoms with Crippen molar-refractivity contribution in [3.63, 3.8) is 0 Å². The summed E-state index contributed by atoms with van der Waals surface area (Å²) in [4.78, 5) is 13.9. The molecule has 0 saturated heterocycles. The van der Waals surface area contributed by atoms with Crippen LogP contribution in [0.1, 0.15) is 29.8 Å². The van der Waals surface area contributed by atoms with Gasteiger partial charge in [-0.3, -0.25) is 0 Å². The molecule has 0 fully saturated rings. The molecular weight excluding hydrogens is 228 g/mol. The molecule has 96 valence electrons. The fourth-order valence-electron chi connectivity index (χ4n) is 1.57. The summed E-state index contributed by atoms with van der Waals surface area (Å²) in [5.74, 6) is -0.341. The van der Waals surface area contributed by atoms with Gasteiger partial charge in [0.2, 0.25) is 0 Å². The van der Waals surface area contributed by atoms with Crippen LogP contribution in [0.3, 0.4) is 0 Å². The molecule has 0 N–H and O–H groups in total. The van der Waals surface area contributed by atoms with Crippen molar-refractivity contribution < 1.29 is 9.53 Å². The number of likely N-dealkylation sites (N-methyl/N-ethyl adjacent to an activating group) is 1. The predicted molar refractivity (Wildman–Crippen MR) is 69.2 cm³/mol. The van der Waals surface area contributed by atoms with E-state index in [1.165, 1.54) is 0 Å². The highest BCUT2D eigenvalue weighted by Crippen LogP contribution is 2.05. The lowest BCUT2D eigenvalue weighted by Crippen LogP contribution is -2.27. The Kier molecular flexibility index (Phi) is 5.89. The Labute approximate surface area is 108 Å². The van der Waals surface area contributed by atoms with Gasteiger partial charge in [-0.1, -0.05) is 13.8 Å². The van der Waals surface area contributed by atoms with Gasteiger partial charge in [0.25, 0.3) is 0 Å². The Balaban J connectivity index is 2.43. The van der Waals surface area contributed by atoms with Crippen LogP contribution in [0.25, 0.3) is 0 Å². The summed E-state index contributed by atoms with van der Waals surface area (Å²) in [5, 5.41) is 8.65. The van der Waals surface area contributed by atoms with Crippen molar-refractivity contribution in [3.8, 4) is 6.07 Å². The third-order valence-corrected chi connectivity index (χ3v) is 2.78. The van der Waals surface area contributed by atoms with E-state index in [1.807, 2.05) is 6.07 Å². The van der Waals surface area contributed by atoms with Crippen LogP contribution in [-0.2, 0) is 4.74 Å². The summed E-state index contributed by atoms with van der Waals surface area (Å²) in [7, 11) is 0. The molecule has 0 aliphatic rings. The smallest absolute Gasteiger partial charge is 0.338 e. The minimum atomic E-state index is -0.341. The molecule has 0 saturated carbocycles. The molecule has 0 radical (unpaired) electrons. The first-order chi connectivity index (χ1) is 8.71. The average Bonchev–Trinajstić information content (AvgIpc) is 2.43. The first-order valence-electron chi connectivity index (χ1n) is 6.10. The van der Waals surface area contributed by atoms with E-state index < -0.39 is 0 Å². The molecule has 18 heavy (non-hydrogen) atoms. The maximum absolute atomic E-state index is 11.7. The van der Waals surface area contributed by atoms with Crippen LogP contribution in [0.4, 0.5) is 0 Å². The number of ether oxygens (including phenoxy) is 1. The van der Waals surface area contributed by atoms with Gasteiger partial charge in [-0.25, -0.2) is 4.79 Å². The van der Waals surface area contributed by atoms with Gasteiger partial charge in [-0.15, -0.1) is 0 Å². The summed E-state index contributed by atoms with van der Waals surface area (Å²) in [6, 6.07) is 8.45. The minimum absolute atomic E-state index is 0.341. The molecule has 1 rings (SSSR count). The molecule has 0 heterocycles. The molecule has 1 aromatic rings. The summed E-state index contributed by atoms with van der Waals surface area (Å²) in [6.45, 7) is 7.18. The number of hydrogen-bond acceptors (Lipinski definition) is 4. The van der Waals surface area contributed by atoms with Crippen LogP contribution < -0.4 is 0 Å². The molecule has 1 aromatic carbocycles. The van der Waals surface area contributed by atoms with Gasteiger partial charge in [0.15, 0.2) is 0 Å². The monoisotopic (exact) mass is 246 g/mol. The molecule has 0 aromatic heterocycles. The van der Waals surface area contributed by atoms with Crippen LogP contribution in [0.15, 0.2) is 24.3 Å². The summed E-state index contributed by atoms with van der Waals surface area (Å²) in [5.41, 5.74) is 1.02. The van der Waals surface area contributed by atoms with E-state index in [4.69, 9.17) is 10.00 Å². The quantitative estimate of drug-likeness (QED) is 0.721. The van der Waals surface area contributed by atoms with Crippen molar-refractivity contribution >= 4 is 5.97 Å². The molecule has 0 bridgehead atoms. The molecule has 4 nitrogen and oxygen atoms in total. The zero-order valence-electron chi connectivity index (χ0n) is 10.8. The Hall–Kier alpha value is -1.86. The highest BCUT2D eigenvalue weighted by atomic mass is 16.5. The lowest BCUT2D eigenvalue weighted by atomic mass is 10.1. The second kappa shape index (κ2) is 7.46. The molecule has 0 amide bonds. The number of hydrogen-bond donors (Lipinski definition) is 0. The largest absolute Gasteiger partial charge is 0.461 e. The van der Waals surface area contributed by atoms with E-state index in [9.17, 15) is 4.79 Å². The van der Waals surface area contributed by atoms with Crippen molar-refractivity contribution in [1.82, 2.24) is 4.90 Å². The summed E-state index contributed by atoms with van der Waals surface area (Å²) < 4.78 is 5.17. The van der Waals surface area contributed by atoms with E-state index in [0.717, 1.165) is 19.6 Å². The van der Waals surface area contributed by atoms with Crippen molar-refractivity contribution in [2.45, 2.75) is 13.8 Å². The van der Waals surface area contributed by atoms with E-state index in [-0.39, 0.29) is 5.97 Å². The van der Waals surface area contributed by atoms with Crippen LogP contribution in [0.5, 0.6) is 0 Å². The zero-order valence-corrected chi connectivity index (χ0v) is 10.8. The number of benzene rings is 1. The predicted octanol–water partition coefficient (Wildman–Crippen LogP) is 2.06. The molecule has 0 aliphatic heterocycles. The molecule has 0 unspecified atom stereocenters. The van der Waals surface area contributed by atoms with E-state index in [1.54, 1.807) is 24.3 Å². The lowest BCUT2D eigenvalue weighted by Gasteiger charge is -2.17. The molecule has 0 atom stereocenters. The summed E-state index contributed by atoms with van der Waals surface area (Å²) >= 11 is 0. The molecule has 4 heteroatoms. The fourth-order valence-corrected chi connectivity index (χ4v) is 1.57. The van der Waals surface area contributed by atoms with Crippen LogP contribution in [0.2, 0.25) is 0 Å². The normalized spacial score (nSPS) is 10.1. The van der Waals surface area contributed by atoms with Gasteiger partial charge in [0.05, 0.1) is 17.2 Å². The van der Waals surface area contributed by atoms with Gasteiger partial charge in [0, 0.05) is 6.54 Å². The lowest BCUT2D eigenvalue weighted by molar-refractivity contribution is 0.0466. The first-order valence-corrected chi connectivity index (χ1v) is 6.10. The number of nitriles is 1. The van der Waals surface area contributed by atoms with Crippen LogP contribution in [0, 0.1) is 11.3 Å². The molecule has 0 aliphatic carbocycles. The van der Waals surface area contributed by atoms with Gasteiger partial charge >= 0.3 is 5.97 Å². The van der Waals surface area contributed by atoms with Crippen molar-refractivity contribution in [3.05, 3.63) is 35.4 Å². The number of carbonyl (C=O) groups is 1. The summed E-state index contributed by atoms with van der Waals surface area (Å²) in [6.07, 6.45) is 0. The first kappa shape index (κ1) is 14.2. The van der Waals surface area contributed by atoms with Crippen molar-refractivity contribution in [2.75, 3.05) is 26.2 Å². The van der Waals surface area contributed by atoms with Crippen molar-refractivity contribution in [2.24, 2.45) is 0 Å². The third-order valence-electron chi connectivity index (χ3n) is 2.78. The van der Waals surface area contributed by atoms with Gasteiger partial charge in [0.1, 0.15) is 6.61 Å². The average molecular weight is 246 g/mol. The Morgan fingerprint density at radius 1 is 1.28 bits per heavy atom. The SMILES string of the molecule is CCN(CC)CCOC(=O)c1ccc(C#N)cc1. The van der Waals surface area contributed by atoms with Gasteiger partial charge in [-0.2, -0.15) is 5.26 Å². The van der Waals surface area contributed by atoms with Crippen LogP contribution in [-0.4, -0.2) is 37.1 Å². The number of nitrogens with zero attached hydrogens (tertiary/aromatic N) is 2. The van der Waals surface area contributed by atoms with Crippen molar-refractivity contribution in [1.29, 1.82) is 5.26 Å². The third kappa shape index (κ3) is 4.19. The van der Waals surface area contributed by atoms with E-state index in [0.29, 0.717) is 17.7 Å².